The second kappa shape index (κ2) is 6.47. The molecule has 0 saturated carbocycles. The maximum atomic E-state index is 5.89. The first-order chi connectivity index (χ1) is 8.08. The molecule has 1 atom stereocenters. The van der Waals surface area contributed by atoms with Crippen LogP contribution in [0.2, 0.25) is 0 Å². The van der Waals surface area contributed by atoms with Crippen molar-refractivity contribution in [2.24, 2.45) is 11.5 Å². The van der Waals surface area contributed by atoms with Crippen LogP contribution in [-0.4, -0.2) is 19.3 Å². The summed E-state index contributed by atoms with van der Waals surface area (Å²) in [5, 5.41) is 0. The maximum Gasteiger partial charge on any atom is 0.161 e. The number of nitrogens with two attached hydrogens (primary N) is 2. The number of benzene rings is 1. The predicted molar refractivity (Wildman–Crippen MR) is 69.4 cm³/mol. The molecule has 0 aliphatic heterocycles. The van der Waals surface area contributed by atoms with E-state index >= 15 is 0 Å². The first-order valence-corrected chi connectivity index (χ1v) is 5.97. The fraction of sp³-hybridized carbons (Fsp3) is 0.538. The normalized spacial score (nSPS) is 12.6. The van der Waals surface area contributed by atoms with Crippen LogP contribution in [0.15, 0.2) is 18.2 Å². The van der Waals surface area contributed by atoms with Crippen molar-refractivity contribution in [1.29, 1.82) is 0 Å². The van der Waals surface area contributed by atoms with Crippen LogP contribution in [-0.2, 0) is 0 Å². The van der Waals surface area contributed by atoms with Crippen molar-refractivity contribution in [3.63, 3.8) is 0 Å². The van der Waals surface area contributed by atoms with Gasteiger partial charge in [0.25, 0.3) is 0 Å². The molecule has 0 heterocycles. The Labute approximate surface area is 103 Å². The van der Waals surface area contributed by atoms with Gasteiger partial charge in [-0.2, -0.15) is 0 Å². The van der Waals surface area contributed by atoms with Crippen LogP contribution in [0.4, 0.5) is 0 Å². The van der Waals surface area contributed by atoms with Crippen LogP contribution >= 0.6 is 0 Å². The van der Waals surface area contributed by atoms with Crippen molar-refractivity contribution in [2.75, 3.05) is 13.2 Å². The van der Waals surface area contributed by atoms with Gasteiger partial charge in [-0.15, -0.1) is 0 Å². The summed E-state index contributed by atoms with van der Waals surface area (Å²) in [4.78, 5) is 0. The third-order valence-electron chi connectivity index (χ3n) is 2.31. The molecular weight excluding hydrogens is 216 g/mol. The van der Waals surface area contributed by atoms with Gasteiger partial charge in [-0.05, 0) is 38.5 Å². The SMILES string of the molecule is CCOc1cc([C@H](N)CN)ccc1OC(C)C. The summed E-state index contributed by atoms with van der Waals surface area (Å²) >= 11 is 0. The minimum absolute atomic E-state index is 0.114. The van der Waals surface area contributed by atoms with E-state index in [-0.39, 0.29) is 12.1 Å². The van der Waals surface area contributed by atoms with E-state index < -0.39 is 0 Å². The predicted octanol–water partition coefficient (Wildman–Crippen LogP) is 1.83. The summed E-state index contributed by atoms with van der Waals surface area (Å²) in [5.74, 6) is 1.47. The molecule has 4 nitrogen and oxygen atoms in total. The Bertz CT molecular complexity index is 353. The highest BCUT2D eigenvalue weighted by Crippen LogP contribution is 2.30. The van der Waals surface area contributed by atoms with Gasteiger partial charge in [0.05, 0.1) is 12.7 Å². The number of hydrogen-bond acceptors (Lipinski definition) is 4. The second-order valence-corrected chi connectivity index (χ2v) is 4.15. The Morgan fingerprint density at radius 2 is 1.94 bits per heavy atom. The average molecular weight is 238 g/mol. The lowest BCUT2D eigenvalue weighted by Crippen LogP contribution is -2.20. The molecule has 0 aliphatic rings. The molecule has 96 valence electrons. The summed E-state index contributed by atoms with van der Waals surface area (Å²) in [6.45, 7) is 6.91. The molecule has 1 rings (SSSR count). The van der Waals surface area contributed by atoms with E-state index in [1.54, 1.807) is 0 Å². The Morgan fingerprint density at radius 3 is 2.47 bits per heavy atom. The zero-order chi connectivity index (χ0) is 12.8. The molecule has 1 aromatic rings. The fourth-order valence-electron chi connectivity index (χ4n) is 1.51. The topological polar surface area (TPSA) is 70.5 Å². The fourth-order valence-corrected chi connectivity index (χ4v) is 1.51. The molecule has 0 unspecified atom stereocenters. The van der Waals surface area contributed by atoms with E-state index in [0.717, 1.165) is 17.1 Å². The smallest absolute Gasteiger partial charge is 0.161 e. The van der Waals surface area contributed by atoms with Crippen LogP contribution in [0.25, 0.3) is 0 Å². The molecule has 0 aliphatic carbocycles. The van der Waals surface area contributed by atoms with Gasteiger partial charge in [0, 0.05) is 12.6 Å². The lowest BCUT2D eigenvalue weighted by atomic mass is 10.1. The van der Waals surface area contributed by atoms with Gasteiger partial charge >= 0.3 is 0 Å². The van der Waals surface area contributed by atoms with Gasteiger partial charge in [0.2, 0.25) is 0 Å². The zero-order valence-electron chi connectivity index (χ0n) is 10.8. The van der Waals surface area contributed by atoms with Gasteiger partial charge < -0.3 is 20.9 Å². The van der Waals surface area contributed by atoms with Crippen molar-refractivity contribution in [3.8, 4) is 11.5 Å². The molecular formula is C13H22N2O2. The van der Waals surface area contributed by atoms with Crippen LogP contribution in [0.1, 0.15) is 32.4 Å². The van der Waals surface area contributed by atoms with Gasteiger partial charge in [-0.25, -0.2) is 0 Å². The van der Waals surface area contributed by atoms with Gasteiger partial charge in [0.15, 0.2) is 11.5 Å². The van der Waals surface area contributed by atoms with Gasteiger partial charge in [-0.1, -0.05) is 6.07 Å². The van der Waals surface area contributed by atoms with Crippen LogP contribution in [0, 0.1) is 0 Å². The Kier molecular flexibility index (Phi) is 5.25. The van der Waals surface area contributed by atoms with Gasteiger partial charge in [0.1, 0.15) is 0 Å². The Morgan fingerprint density at radius 1 is 1.24 bits per heavy atom. The lowest BCUT2D eigenvalue weighted by molar-refractivity contribution is 0.223. The van der Waals surface area contributed by atoms with Crippen molar-refractivity contribution in [1.82, 2.24) is 0 Å². The summed E-state index contributed by atoms with van der Waals surface area (Å²) < 4.78 is 11.2. The van der Waals surface area contributed by atoms with Crippen molar-refractivity contribution >= 4 is 0 Å². The molecule has 0 radical (unpaired) electrons. The Hall–Kier alpha value is -1.26. The maximum absolute atomic E-state index is 5.89. The Balaban J connectivity index is 2.98. The van der Waals surface area contributed by atoms with Crippen molar-refractivity contribution in [2.45, 2.75) is 32.9 Å². The number of ether oxygens (including phenoxy) is 2. The lowest BCUT2D eigenvalue weighted by Gasteiger charge is -2.17. The van der Waals surface area contributed by atoms with Crippen LogP contribution < -0.4 is 20.9 Å². The van der Waals surface area contributed by atoms with E-state index in [1.165, 1.54) is 0 Å². The van der Waals surface area contributed by atoms with E-state index in [9.17, 15) is 0 Å². The van der Waals surface area contributed by atoms with E-state index in [0.29, 0.717) is 13.2 Å². The monoisotopic (exact) mass is 238 g/mol. The molecule has 4 N–H and O–H groups in total. The summed E-state index contributed by atoms with van der Waals surface area (Å²) in [6.07, 6.45) is 0.114. The van der Waals surface area contributed by atoms with Crippen molar-refractivity contribution in [3.05, 3.63) is 23.8 Å². The molecule has 0 amide bonds. The zero-order valence-corrected chi connectivity index (χ0v) is 10.8. The molecule has 0 fully saturated rings. The van der Waals surface area contributed by atoms with Crippen LogP contribution in [0.5, 0.6) is 11.5 Å². The first kappa shape index (κ1) is 13.8. The minimum atomic E-state index is -0.165. The largest absolute Gasteiger partial charge is 0.490 e. The molecule has 0 aromatic heterocycles. The van der Waals surface area contributed by atoms with Crippen LogP contribution in [0.3, 0.4) is 0 Å². The molecule has 4 heteroatoms. The second-order valence-electron chi connectivity index (χ2n) is 4.15. The number of hydrogen-bond donors (Lipinski definition) is 2. The first-order valence-electron chi connectivity index (χ1n) is 5.97. The molecule has 0 bridgehead atoms. The molecule has 0 saturated heterocycles. The summed E-state index contributed by atoms with van der Waals surface area (Å²) in [6, 6.07) is 5.55. The molecule has 0 spiro atoms. The van der Waals surface area contributed by atoms with E-state index in [1.807, 2.05) is 39.0 Å². The molecule has 1 aromatic carbocycles. The third kappa shape index (κ3) is 3.91. The minimum Gasteiger partial charge on any atom is -0.490 e. The quantitative estimate of drug-likeness (QED) is 0.793. The highest BCUT2D eigenvalue weighted by molar-refractivity contribution is 5.44. The van der Waals surface area contributed by atoms with E-state index in [4.69, 9.17) is 20.9 Å². The summed E-state index contributed by atoms with van der Waals surface area (Å²) in [7, 11) is 0. The standard InChI is InChI=1S/C13H22N2O2/c1-4-16-13-7-10(11(15)8-14)5-6-12(13)17-9(2)3/h5-7,9,11H,4,8,14-15H2,1-3H3/t11-/m1/s1. The van der Waals surface area contributed by atoms with Gasteiger partial charge in [-0.3, -0.25) is 0 Å². The average Bonchev–Trinajstić information content (AvgIpc) is 2.30. The summed E-state index contributed by atoms with van der Waals surface area (Å²) in [5.41, 5.74) is 12.4. The molecule has 17 heavy (non-hydrogen) atoms. The highest BCUT2D eigenvalue weighted by Gasteiger charge is 2.11. The third-order valence-corrected chi connectivity index (χ3v) is 2.31. The highest BCUT2D eigenvalue weighted by atomic mass is 16.5. The van der Waals surface area contributed by atoms with Crippen molar-refractivity contribution < 1.29 is 9.47 Å². The van der Waals surface area contributed by atoms with E-state index in [2.05, 4.69) is 0 Å². The number of rotatable bonds is 6.